The summed E-state index contributed by atoms with van der Waals surface area (Å²) in [6.07, 6.45) is 4.02. The van der Waals surface area contributed by atoms with Gasteiger partial charge in [0.2, 0.25) is 0 Å². The van der Waals surface area contributed by atoms with Crippen LogP contribution in [0.3, 0.4) is 0 Å². The van der Waals surface area contributed by atoms with Crippen LogP contribution in [0.15, 0.2) is 60.9 Å². The van der Waals surface area contributed by atoms with Crippen LogP contribution < -0.4 is 20.3 Å². The highest BCUT2D eigenvalue weighted by Crippen LogP contribution is 2.31. The van der Waals surface area contributed by atoms with E-state index in [2.05, 4.69) is 15.7 Å². The van der Waals surface area contributed by atoms with Gasteiger partial charge in [0.1, 0.15) is 11.8 Å². The number of rotatable bonds is 4. The fraction of sp³-hybridized carbons (Fsp3) is 0.227. The van der Waals surface area contributed by atoms with Crippen LogP contribution in [0.1, 0.15) is 11.1 Å². The van der Waals surface area contributed by atoms with Crippen LogP contribution in [0, 0.1) is 0 Å². The minimum atomic E-state index is -0.734. The number of carbonyl (C=O) groups is 2. The lowest BCUT2D eigenvalue weighted by Gasteiger charge is -2.21. The Hall–Kier alpha value is -3.81. The Balaban J connectivity index is 1.45. The maximum absolute atomic E-state index is 12.9. The van der Waals surface area contributed by atoms with Crippen molar-refractivity contribution in [2.24, 2.45) is 0 Å². The van der Waals surface area contributed by atoms with Gasteiger partial charge in [0.05, 0.1) is 24.7 Å². The van der Waals surface area contributed by atoms with Gasteiger partial charge in [-0.1, -0.05) is 30.3 Å². The van der Waals surface area contributed by atoms with E-state index in [1.165, 1.54) is 9.58 Å². The van der Waals surface area contributed by atoms with Gasteiger partial charge in [0, 0.05) is 32.3 Å². The second kappa shape index (κ2) is 8.28. The van der Waals surface area contributed by atoms with Crippen molar-refractivity contribution in [2.45, 2.75) is 12.5 Å². The number of anilines is 2. The van der Waals surface area contributed by atoms with Crippen molar-refractivity contribution in [3.8, 4) is 5.75 Å². The monoisotopic (exact) mass is 405 g/mol. The van der Waals surface area contributed by atoms with E-state index in [9.17, 15) is 9.59 Å². The highest BCUT2D eigenvalue weighted by atomic mass is 16.5. The first-order valence-electron chi connectivity index (χ1n) is 9.63. The number of carbonyl (C=O) groups excluding carboxylic acids is 2. The first kappa shape index (κ1) is 19.5. The van der Waals surface area contributed by atoms with Crippen LogP contribution in [0.5, 0.6) is 5.75 Å². The quantitative estimate of drug-likeness (QED) is 0.696. The molecule has 0 aliphatic carbocycles. The molecule has 0 radical (unpaired) electrons. The predicted octanol–water partition coefficient (Wildman–Crippen LogP) is 2.50. The number of aromatic nitrogens is 2. The van der Waals surface area contributed by atoms with Crippen LogP contribution in [0.2, 0.25) is 0 Å². The lowest BCUT2D eigenvalue weighted by atomic mass is 10.1. The highest BCUT2D eigenvalue weighted by molar-refractivity contribution is 6.03. The topological polar surface area (TPSA) is 88.5 Å². The Morgan fingerprint density at radius 1 is 1.23 bits per heavy atom. The first-order chi connectivity index (χ1) is 14.5. The van der Waals surface area contributed by atoms with E-state index < -0.39 is 12.1 Å². The molecule has 0 fully saturated rings. The highest BCUT2D eigenvalue weighted by Gasteiger charge is 2.30. The maximum atomic E-state index is 12.9. The molecule has 0 bridgehead atoms. The van der Waals surface area contributed by atoms with Gasteiger partial charge in [-0.05, 0) is 23.3 Å². The van der Waals surface area contributed by atoms with Gasteiger partial charge in [-0.2, -0.15) is 9.78 Å². The molecule has 154 valence electrons. The largest absolute Gasteiger partial charge is 0.497 e. The summed E-state index contributed by atoms with van der Waals surface area (Å²) in [5.74, 6) is 0.430. The van der Waals surface area contributed by atoms with Gasteiger partial charge in [-0.15, -0.1) is 0 Å². The van der Waals surface area contributed by atoms with E-state index in [1.54, 1.807) is 32.6 Å². The summed E-state index contributed by atoms with van der Waals surface area (Å²) in [5, 5.41) is 10.1. The standard InChI is InChI=1S/C22H23N5O3/c1-26-20-11-17(30-2)8-9-18(20)23-13-19(21(26)28)25-22(29)27-14-16(12-24-27)10-15-6-4-3-5-7-15/h3-9,11-12,14,19,23H,10,13H2,1-2H3,(H,25,29)/t19-/m0/s1. The minimum Gasteiger partial charge on any atom is -0.497 e. The molecule has 3 aromatic rings. The van der Waals surface area contributed by atoms with Gasteiger partial charge in [-0.3, -0.25) is 4.79 Å². The minimum absolute atomic E-state index is 0.223. The average Bonchev–Trinajstić information content (AvgIpc) is 3.20. The van der Waals surface area contributed by atoms with Crippen molar-refractivity contribution < 1.29 is 14.3 Å². The second-order valence-electron chi connectivity index (χ2n) is 7.12. The zero-order valence-corrected chi connectivity index (χ0v) is 16.8. The number of nitrogens with one attached hydrogen (secondary N) is 2. The molecule has 0 spiro atoms. The number of likely N-dealkylation sites (N-methyl/N-ethyl adjacent to an activating group) is 1. The number of hydrogen-bond acceptors (Lipinski definition) is 5. The van der Waals surface area contributed by atoms with E-state index in [-0.39, 0.29) is 12.5 Å². The Morgan fingerprint density at radius 3 is 2.80 bits per heavy atom. The Bertz CT molecular complexity index is 1060. The van der Waals surface area contributed by atoms with Crippen molar-refractivity contribution in [3.05, 3.63) is 72.1 Å². The molecule has 8 heteroatoms. The third-order valence-corrected chi connectivity index (χ3v) is 5.08. The van der Waals surface area contributed by atoms with Gasteiger partial charge < -0.3 is 20.3 Å². The molecular weight excluding hydrogens is 382 g/mol. The summed E-state index contributed by atoms with van der Waals surface area (Å²) in [7, 11) is 3.26. The number of amides is 2. The van der Waals surface area contributed by atoms with E-state index >= 15 is 0 Å². The SMILES string of the molecule is COc1ccc2c(c1)N(C)C(=O)[C@@H](NC(=O)n1cc(Cc3ccccc3)cn1)CN2. The second-order valence-corrected chi connectivity index (χ2v) is 7.12. The van der Waals surface area contributed by atoms with E-state index in [0.29, 0.717) is 17.9 Å². The number of hydrogen-bond donors (Lipinski definition) is 2. The number of benzene rings is 2. The van der Waals surface area contributed by atoms with Gasteiger partial charge >= 0.3 is 6.03 Å². The molecule has 1 atom stereocenters. The lowest BCUT2D eigenvalue weighted by molar-refractivity contribution is -0.119. The molecule has 0 unspecified atom stereocenters. The molecule has 4 rings (SSSR count). The van der Waals surface area contributed by atoms with E-state index in [4.69, 9.17) is 4.74 Å². The fourth-order valence-corrected chi connectivity index (χ4v) is 3.44. The number of ether oxygens (including phenoxy) is 1. The third kappa shape index (κ3) is 3.98. The van der Waals surface area contributed by atoms with Gasteiger partial charge in [0.25, 0.3) is 5.91 Å². The zero-order chi connectivity index (χ0) is 21.1. The normalized spacial score (nSPS) is 15.7. The van der Waals surface area contributed by atoms with Crippen LogP contribution in [-0.4, -0.2) is 48.5 Å². The molecule has 1 aromatic heterocycles. The lowest BCUT2D eigenvalue weighted by Crippen LogP contribution is -2.50. The van der Waals surface area contributed by atoms with E-state index in [0.717, 1.165) is 16.8 Å². The molecule has 2 N–H and O–H groups in total. The molecule has 8 nitrogen and oxygen atoms in total. The summed E-state index contributed by atoms with van der Waals surface area (Å²) >= 11 is 0. The third-order valence-electron chi connectivity index (χ3n) is 5.08. The number of methoxy groups -OCH3 is 1. The van der Waals surface area contributed by atoms with Crippen molar-refractivity contribution >= 4 is 23.3 Å². The Labute approximate surface area is 174 Å². The summed E-state index contributed by atoms with van der Waals surface area (Å²) in [4.78, 5) is 27.1. The molecule has 1 aliphatic rings. The molecule has 2 aromatic carbocycles. The van der Waals surface area contributed by atoms with Crippen molar-refractivity contribution in [3.63, 3.8) is 0 Å². The Kier molecular flexibility index (Phi) is 5.38. The van der Waals surface area contributed by atoms with Crippen LogP contribution >= 0.6 is 0 Å². The van der Waals surface area contributed by atoms with Crippen molar-refractivity contribution in [1.82, 2.24) is 15.1 Å². The zero-order valence-electron chi connectivity index (χ0n) is 16.8. The van der Waals surface area contributed by atoms with Crippen molar-refractivity contribution in [1.29, 1.82) is 0 Å². The first-order valence-corrected chi connectivity index (χ1v) is 9.63. The summed E-state index contributed by atoms with van der Waals surface area (Å²) < 4.78 is 6.48. The molecule has 2 amide bonds. The van der Waals surface area contributed by atoms with Crippen LogP contribution in [0.4, 0.5) is 16.2 Å². The molecule has 2 heterocycles. The fourth-order valence-electron chi connectivity index (χ4n) is 3.44. The number of nitrogens with zero attached hydrogens (tertiary/aromatic N) is 3. The summed E-state index contributed by atoms with van der Waals surface area (Å²) in [6.45, 7) is 0.270. The maximum Gasteiger partial charge on any atom is 0.342 e. The Morgan fingerprint density at radius 2 is 2.03 bits per heavy atom. The van der Waals surface area contributed by atoms with Crippen LogP contribution in [-0.2, 0) is 11.2 Å². The summed E-state index contributed by atoms with van der Waals surface area (Å²) in [5.41, 5.74) is 3.54. The predicted molar refractivity (Wildman–Crippen MR) is 114 cm³/mol. The van der Waals surface area contributed by atoms with Gasteiger partial charge in [-0.25, -0.2) is 4.79 Å². The molecule has 1 aliphatic heterocycles. The van der Waals surface area contributed by atoms with E-state index in [1.807, 2.05) is 42.5 Å². The smallest absolute Gasteiger partial charge is 0.342 e. The molecule has 30 heavy (non-hydrogen) atoms. The molecular formula is C22H23N5O3. The average molecular weight is 405 g/mol. The molecule has 0 saturated heterocycles. The van der Waals surface area contributed by atoms with Crippen molar-refractivity contribution in [2.75, 3.05) is 30.9 Å². The number of fused-ring (bicyclic) bond motifs is 1. The van der Waals surface area contributed by atoms with Gasteiger partial charge in [0.15, 0.2) is 0 Å². The summed E-state index contributed by atoms with van der Waals surface area (Å²) in [6, 6.07) is 14.2. The van der Waals surface area contributed by atoms with Crippen LogP contribution in [0.25, 0.3) is 0 Å². The molecule has 0 saturated carbocycles.